The molecule has 32 heavy (non-hydrogen) atoms. The zero-order valence-corrected chi connectivity index (χ0v) is 18.9. The second kappa shape index (κ2) is 7.69. The van der Waals surface area contributed by atoms with Crippen LogP contribution in [0, 0.1) is 0 Å². The minimum Gasteiger partial charge on any atom is -0.444 e. The van der Waals surface area contributed by atoms with Crippen molar-refractivity contribution in [2.45, 2.75) is 52.3 Å². The molecule has 6 nitrogen and oxygen atoms in total. The van der Waals surface area contributed by atoms with Gasteiger partial charge in [-0.25, -0.2) is 4.79 Å². The van der Waals surface area contributed by atoms with E-state index < -0.39 is 5.60 Å². The molecule has 2 aliphatic heterocycles. The lowest BCUT2D eigenvalue weighted by atomic mass is 9.98. The number of nitrogens with one attached hydrogen (secondary N) is 1. The average Bonchev–Trinajstić information content (AvgIpc) is 3.14. The minimum atomic E-state index is -0.524. The molecule has 1 N–H and O–H groups in total. The lowest BCUT2D eigenvalue weighted by Crippen LogP contribution is -2.39. The van der Waals surface area contributed by atoms with Crippen LogP contribution in [0.1, 0.15) is 53.5 Å². The predicted octanol–water partition coefficient (Wildman–Crippen LogP) is 4.66. The van der Waals surface area contributed by atoms with E-state index in [2.05, 4.69) is 23.2 Å². The summed E-state index contributed by atoms with van der Waals surface area (Å²) in [6.45, 7) is 8.11. The third kappa shape index (κ3) is 3.85. The topological polar surface area (TPSA) is 65.6 Å². The van der Waals surface area contributed by atoms with Crippen LogP contribution in [0.15, 0.2) is 42.5 Å². The van der Waals surface area contributed by atoms with Gasteiger partial charge in [-0.3, -0.25) is 4.79 Å². The Morgan fingerprint density at radius 3 is 2.47 bits per heavy atom. The first-order valence-corrected chi connectivity index (χ1v) is 11.3. The molecule has 0 radical (unpaired) electrons. The number of aromatic amines is 1. The number of nitrogens with zero attached hydrogens (tertiary/aromatic N) is 2. The Morgan fingerprint density at radius 2 is 1.69 bits per heavy atom. The number of hydrogen-bond donors (Lipinski definition) is 1. The van der Waals surface area contributed by atoms with E-state index in [1.54, 1.807) is 4.90 Å². The van der Waals surface area contributed by atoms with E-state index in [-0.39, 0.29) is 12.0 Å². The van der Waals surface area contributed by atoms with Gasteiger partial charge in [-0.2, -0.15) is 0 Å². The van der Waals surface area contributed by atoms with Crippen molar-refractivity contribution in [3.8, 4) is 0 Å². The number of carbonyl (C=O) groups excluding carboxylic acids is 2. The second-order valence-electron chi connectivity index (χ2n) is 9.74. The normalized spacial score (nSPS) is 16.0. The number of benzene rings is 2. The number of rotatable bonds is 1. The van der Waals surface area contributed by atoms with Gasteiger partial charge in [0.1, 0.15) is 5.60 Å². The summed E-state index contributed by atoms with van der Waals surface area (Å²) in [7, 11) is 0. The highest BCUT2D eigenvalue weighted by atomic mass is 16.6. The molecule has 2 aromatic carbocycles. The van der Waals surface area contributed by atoms with E-state index in [4.69, 9.17) is 4.74 Å². The molecule has 1 aromatic heterocycles. The Hall–Kier alpha value is -3.28. The fourth-order valence-corrected chi connectivity index (χ4v) is 4.68. The summed E-state index contributed by atoms with van der Waals surface area (Å²) in [5.41, 5.74) is 5.93. The lowest BCUT2D eigenvalue weighted by Gasteiger charge is -2.30. The molecule has 3 heterocycles. The van der Waals surface area contributed by atoms with Crippen molar-refractivity contribution in [2.75, 3.05) is 13.1 Å². The van der Waals surface area contributed by atoms with Gasteiger partial charge in [0.2, 0.25) is 0 Å². The Balaban J connectivity index is 1.40. The molecule has 0 saturated heterocycles. The van der Waals surface area contributed by atoms with Gasteiger partial charge in [-0.1, -0.05) is 24.3 Å². The van der Waals surface area contributed by atoms with E-state index in [0.29, 0.717) is 25.2 Å². The monoisotopic (exact) mass is 431 g/mol. The molecule has 0 atom stereocenters. The summed E-state index contributed by atoms with van der Waals surface area (Å²) >= 11 is 0. The third-order valence-corrected chi connectivity index (χ3v) is 6.29. The van der Waals surface area contributed by atoms with E-state index in [9.17, 15) is 9.59 Å². The lowest BCUT2D eigenvalue weighted by molar-refractivity contribution is 0.0224. The highest BCUT2D eigenvalue weighted by Crippen LogP contribution is 2.30. The quantitative estimate of drug-likeness (QED) is 0.609. The minimum absolute atomic E-state index is 0.0520. The van der Waals surface area contributed by atoms with E-state index in [1.165, 1.54) is 11.1 Å². The third-order valence-electron chi connectivity index (χ3n) is 6.29. The zero-order chi connectivity index (χ0) is 22.5. The van der Waals surface area contributed by atoms with Gasteiger partial charge in [0.15, 0.2) is 0 Å². The Bertz CT molecular complexity index is 1200. The first-order chi connectivity index (χ1) is 15.3. The van der Waals surface area contributed by atoms with Crippen LogP contribution >= 0.6 is 0 Å². The first kappa shape index (κ1) is 20.6. The summed E-state index contributed by atoms with van der Waals surface area (Å²) < 4.78 is 5.57. The molecule has 0 unspecified atom stereocenters. The van der Waals surface area contributed by atoms with Gasteiger partial charge < -0.3 is 19.5 Å². The molecule has 2 aliphatic rings. The van der Waals surface area contributed by atoms with Crippen LogP contribution in [0.2, 0.25) is 0 Å². The fraction of sp³-hybridized carbons (Fsp3) is 0.385. The SMILES string of the molecule is CC(C)(C)OC(=O)N1CCc2[nH]c3ccc(C(=O)N4CCc5ccccc5C4)cc3c2C1. The van der Waals surface area contributed by atoms with Gasteiger partial charge in [0.05, 0.1) is 6.54 Å². The molecule has 0 spiro atoms. The maximum absolute atomic E-state index is 13.3. The van der Waals surface area contributed by atoms with Crippen LogP contribution in [0.5, 0.6) is 0 Å². The maximum Gasteiger partial charge on any atom is 0.410 e. The molecule has 0 bridgehead atoms. The Labute approximate surface area is 188 Å². The van der Waals surface area contributed by atoms with Crippen molar-refractivity contribution in [2.24, 2.45) is 0 Å². The van der Waals surface area contributed by atoms with Crippen LogP contribution < -0.4 is 0 Å². The van der Waals surface area contributed by atoms with Gasteiger partial charge in [0, 0.05) is 53.8 Å². The van der Waals surface area contributed by atoms with Gasteiger partial charge in [-0.05, 0) is 56.5 Å². The van der Waals surface area contributed by atoms with E-state index >= 15 is 0 Å². The van der Waals surface area contributed by atoms with Crippen LogP contribution in [0.4, 0.5) is 4.79 Å². The Morgan fingerprint density at radius 1 is 0.938 bits per heavy atom. The van der Waals surface area contributed by atoms with Gasteiger partial charge in [-0.15, -0.1) is 0 Å². The molecule has 6 heteroatoms. The number of fused-ring (bicyclic) bond motifs is 4. The number of carbonyl (C=O) groups is 2. The fourth-order valence-electron chi connectivity index (χ4n) is 4.68. The van der Waals surface area contributed by atoms with Crippen molar-refractivity contribution in [1.29, 1.82) is 0 Å². The number of H-pyrrole nitrogens is 1. The largest absolute Gasteiger partial charge is 0.444 e. The first-order valence-electron chi connectivity index (χ1n) is 11.3. The predicted molar refractivity (Wildman–Crippen MR) is 124 cm³/mol. The molecule has 0 aliphatic carbocycles. The van der Waals surface area contributed by atoms with Crippen LogP contribution in [-0.2, 0) is 30.7 Å². The Kier molecular flexibility index (Phi) is 4.96. The van der Waals surface area contributed by atoms with Crippen LogP contribution in [0.3, 0.4) is 0 Å². The summed E-state index contributed by atoms with van der Waals surface area (Å²) in [6.07, 6.45) is 1.33. The standard InChI is InChI=1S/C26H29N3O3/c1-26(2,3)32-25(31)29-13-11-23-21(16-29)20-14-18(8-9-22(20)27-23)24(30)28-12-10-17-6-4-5-7-19(17)15-28/h4-9,14,27H,10-13,15-16H2,1-3H3. The molecule has 0 saturated carbocycles. The molecule has 166 valence electrons. The molecular formula is C26H29N3O3. The summed E-state index contributed by atoms with van der Waals surface area (Å²) in [4.78, 5) is 33.1. The molecule has 0 fully saturated rings. The molecule has 2 amide bonds. The summed E-state index contributed by atoms with van der Waals surface area (Å²) in [5.74, 6) is 0.0520. The van der Waals surface area contributed by atoms with Gasteiger partial charge >= 0.3 is 6.09 Å². The molecule has 3 aromatic rings. The molecular weight excluding hydrogens is 402 g/mol. The summed E-state index contributed by atoms with van der Waals surface area (Å²) in [6, 6.07) is 14.2. The van der Waals surface area contributed by atoms with Crippen molar-refractivity contribution >= 4 is 22.9 Å². The summed E-state index contributed by atoms with van der Waals surface area (Å²) in [5, 5.41) is 1.01. The average molecular weight is 432 g/mol. The maximum atomic E-state index is 13.3. The van der Waals surface area contributed by atoms with Crippen molar-refractivity contribution < 1.29 is 14.3 Å². The highest BCUT2D eigenvalue weighted by molar-refractivity contribution is 5.99. The van der Waals surface area contributed by atoms with Crippen molar-refractivity contribution in [1.82, 2.24) is 14.8 Å². The van der Waals surface area contributed by atoms with Crippen molar-refractivity contribution in [3.63, 3.8) is 0 Å². The number of amides is 2. The van der Waals surface area contributed by atoms with E-state index in [0.717, 1.165) is 41.5 Å². The second-order valence-corrected chi connectivity index (χ2v) is 9.74. The van der Waals surface area contributed by atoms with Crippen LogP contribution in [-0.4, -0.2) is 45.5 Å². The van der Waals surface area contributed by atoms with E-state index in [1.807, 2.05) is 49.9 Å². The number of aromatic nitrogens is 1. The molecule has 5 rings (SSSR count). The van der Waals surface area contributed by atoms with Gasteiger partial charge in [0.25, 0.3) is 5.91 Å². The zero-order valence-electron chi connectivity index (χ0n) is 18.9. The smallest absolute Gasteiger partial charge is 0.410 e. The number of hydrogen-bond acceptors (Lipinski definition) is 3. The highest BCUT2D eigenvalue weighted by Gasteiger charge is 2.28. The van der Waals surface area contributed by atoms with Crippen molar-refractivity contribution in [3.05, 3.63) is 70.4 Å². The van der Waals surface area contributed by atoms with Crippen LogP contribution in [0.25, 0.3) is 10.9 Å². The number of ether oxygens (including phenoxy) is 1.